The third-order valence-electron chi connectivity index (χ3n) is 9.67. The molecule has 6 rings (SSSR count). The lowest BCUT2D eigenvalue weighted by Crippen LogP contribution is -2.38. The summed E-state index contributed by atoms with van der Waals surface area (Å²) in [6, 6.07) is 1.06. The van der Waals surface area contributed by atoms with Crippen molar-refractivity contribution in [1.29, 1.82) is 0 Å². The summed E-state index contributed by atoms with van der Waals surface area (Å²) >= 11 is 0. The number of allylic oxidation sites excluding steroid dienone is 10. The topological polar surface area (TPSA) is 24.1 Å². The van der Waals surface area contributed by atoms with Crippen LogP contribution in [-0.2, 0) is 0 Å². The first-order valence-electron chi connectivity index (χ1n) is 14.5. The highest BCUT2D eigenvalue weighted by atomic mass is 14.9. The highest BCUT2D eigenvalue weighted by Crippen LogP contribution is 2.39. The summed E-state index contributed by atoms with van der Waals surface area (Å²) in [6.07, 6.45) is 40.4. The molecule has 8 atom stereocenters. The molecule has 0 saturated heterocycles. The normalized spacial score (nSPS) is 41.2. The molecule has 0 fully saturated rings. The molecule has 6 aliphatic carbocycles. The second-order valence-corrected chi connectivity index (χ2v) is 11.8. The summed E-state index contributed by atoms with van der Waals surface area (Å²) in [7, 11) is 0. The summed E-state index contributed by atoms with van der Waals surface area (Å²) in [5.41, 5.74) is 3.10. The van der Waals surface area contributed by atoms with Gasteiger partial charge in [-0.2, -0.15) is 0 Å². The Balaban J connectivity index is 1.01. The Morgan fingerprint density at radius 3 is 1.38 bits per heavy atom. The van der Waals surface area contributed by atoms with Gasteiger partial charge in [0.2, 0.25) is 0 Å². The average Bonchev–Trinajstić information content (AvgIpc) is 2.90. The Hall–Kier alpha value is -1.96. The minimum atomic E-state index is 0.532. The van der Waals surface area contributed by atoms with Gasteiger partial charge >= 0.3 is 0 Å². The maximum atomic E-state index is 3.96. The third kappa shape index (κ3) is 4.88. The van der Waals surface area contributed by atoms with Gasteiger partial charge in [0.05, 0.1) is 0 Å². The van der Waals surface area contributed by atoms with Crippen molar-refractivity contribution >= 4 is 0 Å². The molecular weight excluding hydrogens is 412 g/mol. The summed E-state index contributed by atoms with van der Waals surface area (Å²) < 4.78 is 0. The van der Waals surface area contributed by atoms with E-state index >= 15 is 0 Å². The molecule has 0 saturated carbocycles. The Labute approximate surface area is 207 Å². The van der Waals surface area contributed by atoms with E-state index in [1.54, 1.807) is 11.4 Å². The van der Waals surface area contributed by atoms with Gasteiger partial charge in [-0.05, 0) is 101 Å². The van der Waals surface area contributed by atoms with Gasteiger partial charge in [0, 0.05) is 35.3 Å². The number of fused-ring (bicyclic) bond motifs is 2. The predicted octanol–water partition coefficient (Wildman–Crippen LogP) is 7.36. The molecule has 8 unspecified atom stereocenters. The molecule has 0 bridgehead atoms. The number of hydrogen-bond donors (Lipinski definition) is 2. The highest BCUT2D eigenvalue weighted by molar-refractivity contribution is 5.21. The Morgan fingerprint density at radius 2 is 0.941 bits per heavy atom. The van der Waals surface area contributed by atoms with Gasteiger partial charge in [0.25, 0.3) is 0 Å². The van der Waals surface area contributed by atoms with E-state index in [0.29, 0.717) is 12.1 Å². The van der Waals surface area contributed by atoms with Crippen LogP contribution >= 0.6 is 0 Å². The average molecular weight is 457 g/mol. The standard InChI is InChI=1S/C32H44N2/c1-3-11-29-25(7-1)9-5-13-31(29)33-27-19-15-23(16-20-27)24-17-21-28(22-18-24)34-32-14-6-10-26-8-2-4-12-30(26)32/h1-2,7-8,13-15,17,19,21,23-30,33-34H,3-6,9-12,16,18,20,22H2. The minimum Gasteiger partial charge on any atom is -0.382 e. The smallest absolute Gasteiger partial charge is 0.0441 e. The highest BCUT2D eigenvalue weighted by Gasteiger charge is 2.32. The van der Waals surface area contributed by atoms with Crippen molar-refractivity contribution < 1.29 is 0 Å². The zero-order valence-electron chi connectivity index (χ0n) is 20.9. The molecule has 0 aliphatic heterocycles. The van der Waals surface area contributed by atoms with Crippen molar-refractivity contribution in [2.75, 3.05) is 0 Å². The first kappa shape index (κ1) is 22.5. The van der Waals surface area contributed by atoms with Crippen LogP contribution in [0.15, 0.2) is 72.2 Å². The van der Waals surface area contributed by atoms with Crippen molar-refractivity contribution in [2.24, 2.45) is 35.5 Å². The molecule has 0 amide bonds. The predicted molar refractivity (Wildman–Crippen MR) is 143 cm³/mol. The van der Waals surface area contributed by atoms with Gasteiger partial charge in [-0.15, -0.1) is 0 Å². The molecule has 2 nitrogen and oxygen atoms in total. The van der Waals surface area contributed by atoms with Crippen LogP contribution in [-0.4, -0.2) is 12.1 Å². The second-order valence-electron chi connectivity index (χ2n) is 11.8. The molecular formula is C32H44N2. The first-order valence-corrected chi connectivity index (χ1v) is 14.5. The zero-order chi connectivity index (χ0) is 22.7. The molecule has 0 aromatic heterocycles. The number of nitrogens with one attached hydrogen (secondary N) is 2. The van der Waals surface area contributed by atoms with Gasteiger partial charge < -0.3 is 10.6 Å². The van der Waals surface area contributed by atoms with Crippen LogP contribution in [0.1, 0.15) is 77.0 Å². The Kier molecular flexibility index (Phi) is 6.84. The minimum absolute atomic E-state index is 0.532. The Bertz CT molecular complexity index is 828. The SMILES string of the molecule is C1=CC2CCC=C(NC3C=CC(C4C=CC(NC5=CCCC6C=CCCC56)CC4)CC3)C2CC1. The van der Waals surface area contributed by atoms with Gasteiger partial charge in [0.15, 0.2) is 0 Å². The van der Waals surface area contributed by atoms with Crippen LogP contribution in [0.2, 0.25) is 0 Å². The van der Waals surface area contributed by atoms with E-state index in [1.165, 1.54) is 77.0 Å². The molecule has 0 aromatic rings. The summed E-state index contributed by atoms with van der Waals surface area (Å²) in [4.78, 5) is 0. The van der Waals surface area contributed by atoms with Gasteiger partial charge in [-0.1, -0.05) is 60.8 Å². The molecule has 182 valence electrons. The fourth-order valence-corrected chi connectivity index (χ4v) is 7.72. The lowest BCUT2D eigenvalue weighted by molar-refractivity contribution is 0.316. The van der Waals surface area contributed by atoms with E-state index in [9.17, 15) is 0 Å². The van der Waals surface area contributed by atoms with Crippen LogP contribution in [0.25, 0.3) is 0 Å². The lowest BCUT2D eigenvalue weighted by Gasteiger charge is -2.38. The first-order chi connectivity index (χ1) is 16.8. The molecule has 2 N–H and O–H groups in total. The maximum absolute atomic E-state index is 3.96. The monoisotopic (exact) mass is 456 g/mol. The molecule has 0 aromatic carbocycles. The van der Waals surface area contributed by atoms with Crippen molar-refractivity contribution in [3.8, 4) is 0 Å². The van der Waals surface area contributed by atoms with Crippen molar-refractivity contribution in [3.63, 3.8) is 0 Å². The summed E-state index contributed by atoms with van der Waals surface area (Å²) in [5.74, 6) is 4.50. The van der Waals surface area contributed by atoms with Gasteiger partial charge in [0.1, 0.15) is 0 Å². The van der Waals surface area contributed by atoms with E-state index in [-0.39, 0.29) is 0 Å². The molecule has 0 radical (unpaired) electrons. The van der Waals surface area contributed by atoms with E-state index in [2.05, 4.69) is 71.4 Å². The van der Waals surface area contributed by atoms with Crippen molar-refractivity contribution in [2.45, 2.75) is 89.1 Å². The lowest BCUT2D eigenvalue weighted by atomic mass is 9.74. The number of rotatable bonds is 5. The van der Waals surface area contributed by atoms with Crippen LogP contribution in [0, 0.1) is 35.5 Å². The second kappa shape index (κ2) is 10.3. The molecule has 6 aliphatic rings. The van der Waals surface area contributed by atoms with Crippen LogP contribution < -0.4 is 10.6 Å². The summed E-state index contributed by atoms with van der Waals surface area (Å²) in [6.45, 7) is 0. The van der Waals surface area contributed by atoms with Crippen molar-refractivity contribution in [1.82, 2.24) is 10.6 Å². The molecule has 34 heavy (non-hydrogen) atoms. The van der Waals surface area contributed by atoms with Crippen LogP contribution in [0.3, 0.4) is 0 Å². The van der Waals surface area contributed by atoms with E-state index in [0.717, 1.165) is 35.5 Å². The fraction of sp³-hybridized carbons (Fsp3) is 0.625. The van der Waals surface area contributed by atoms with Crippen molar-refractivity contribution in [3.05, 3.63) is 72.2 Å². The molecule has 0 heterocycles. The van der Waals surface area contributed by atoms with Gasteiger partial charge in [-0.3, -0.25) is 0 Å². The zero-order valence-corrected chi connectivity index (χ0v) is 20.9. The maximum Gasteiger partial charge on any atom is 0.0441 e. The van der Waals surface area contributed by atoms with E-state index in [1.807, 2.05) is 0 Å². The third-order valence-corrected chi connectivity index (χ3v) is 9.67. The molecule has 0 spiro atoms. The van der Waals surface area contributed by atoms with E-state index < -0.39 is 0 Å². The largest absolute Gasteiger partial charge is 0.382 e. The Morgan fingerprint density at radius 1 is 0.441 bits per heavy atom. The van der Waals surface area contributed by atoms with Crippen LogP contribution in [0.4, 0.5) is 0 Å². The number of hydrogen-bond acceptors (Lipinski definition) is 2. The van der Waals surface area contributed by atoms with Crippen LogP contribution in [0.5, 0.6) is 0 Å². The van der Waals surface area contributed by atoms with E-state index in [4.69, 9.17) is 0 Å². The van der Waals surface area contributed by atoms with Gasteiger partial charge in [-0.25, -0.2) is 0 Å². The fourth-order valence-electron chi connectivity index (χ4n) is 7.72. The summed E-state index contributed by atoms with van der Waals surface area (Å²) in [5, 5.41) is 7.91. The molecule has 2 heteroatoms. The quantitative estimate of drug-likeness (QED) is 0.422.